The molecule has 0 bridgehead atoms. The predicted octanol–water partition coefficient (Wildman–Crippen LogP) is 4.15. The van der Waals surface area contributed by atoms with E-state index in [1.807, 2.05) is 0 Å². The molecule has 1 saturated heterocycles. The molecule has 3 heteroatoms. The Kier molecular flexibility index (Phi) is 5.54. The molecule has 0 aromatic heterocycles. The van der Waals surface area contributed by atoms with E-state index < -0.39 is 0 Å². The molecule has 2 atom stereocenters. The van der Waals surface area contributed by atoms with Crippen LogP contribution in [0.5, 0.6) is 0 Å². The van der Waals surface area contributed by atoms with Crippen molar-refractivity contribution in [2.45, 2.75) is 23.8 Å². The van der Waals surface area contributed by atoms with Crippen molar-refractivity contribution >= 4 is 35.3 Å². The predicted molar refractivity (Wildman–Crippen MR) is 96.9 cm³/mol. The second-order valence-electron chi connectivity index (χ2n) is 5.60. The van der Waals surface area contributed by atoms with Crippen molar-refractivity contribution in [3.63, 3.8) is 0 Å². The molecule has 3 rings (SSSR count). The normalized spacial score (nSPS) is 19.3. The van der Waals surface area contributed by atoms with Gasteiger partial charge in [0.15, 0.2) is 0 Å². The second kappa shape index (κ2) is 7.61. The summed E-state index contributed by atoms with van der Waals surface area (Å²) in [5, 5.41) is 0. The summed E-state index contributed by atoms with van der Waals surface area (Å²) in [4.78, 5) is 0.551. The third kappa shape index (κ3) is 4.33. The van der Waals surface area contributed by atoms with Gasteiger partial charge in [-0.05, 0) is 0 Å². The summed E-state index contributed by atoms with van der Waals surface area (Å²) in [6.45, 7) is 4.82. The van der Waals surface area contributed by atoms with E-state index in [1.165, 1.54) is 15.6 Å². The minimum atomic E-state index is 0.316. The number of rotatable bonds is 5. The van der Waals surface area contributed by atoms with E-state index in [2.05, 4.69) is 77.1 Å². The molecule has 0 amide bonds. The molecule has 0 radical (unpaired) electrons. The van der Waals surface area contributed by atoms with Crippen molar-refractivity contribution in [3.8, 4) is 0 Å². The summed E-state index contributed by atoms with van der Waals surface area (Å²) in [7, 11) is 0. The Morgan fingerprint density at radius 1 is 1.14 bits per heavy atom. The fourth-order valence-electron chi connectivity index (χ4n) is 2.64. The Morgan fingerprint density at radius 2 is 1.86 bits per heavy atom. The van der Waals surface area contributed by atoms with Crippen molar-refractivity contribution in [3.05, 3.63) is 76.8 Å². The number of hydrogen-bond acceptors (Lipinski definition) is 1. The Morgan fingerprint density at radius 3 is 2.50 bits per heavy atom. The summed E-state index contributed by atoms with van der Waals surface area (Å²) in [6, 6.07) is 19.5. The third-order valence-corrected chi connectivity index (χ3v) is 7.08. The van der Waals surface area contributed by atoms with E-state index >= 15 is 0 Å². The number of halogens is 1. The van der Waals surface area contributed by atoms with E-state index in [4.69, 9.17) is 4.74 Å². The van der Waals surface area contributed by atoms with Gasteiger partial charge in [0.25, 0.3) is 0 Å². The van der Waals surface area contributed by atoms with Crippen molar-refractivity contribution in [1.29, 1.82) is 0 Å². The average molecular weight is 422 g/mol. The molecule has 22 heavy (non-hydrogen) atoms. The third-order valence-electron chi connectivity index (χ3n) is 3.79. The van der Waals surface area contributed by atoms with Gasteiger partial charge in [-0.1, -0.05) is 0 Å². The van der Waals surface area contributed by atoms with Gasteiger partial charge >= 0.3 is 147 Å². The molecule has 114 valence electrons. The summed E-state index contributed by atoms with van der Waals surface area (Å²) in [6.07, 6.45) is 2.40. The maximum absolute atomic E-state index is 6.00. The maximum atomic E-state index is 6.00. The molecule has 0 aliphatic carbocycles. The quantitative estimate of drug-likeness (QED) is 0.520. The van der Waals surface area contributed by atoms with Crippen LogP contribution in [-0.2, 0) is 11.2 Å². The van der Waals surface area contributed by atoms with Crippen LogP contribution in [0.3, 0.4) is 0 Å². The summed E-state index contributed by atoms with van der Waals surface area (Å²) in [5.74, 6) is 0. The molecule has 1 aliphatic heterocycles. The molecule has 0 spiro atoms. The summed E-state index contributed by atoms with van der Waals surface area (Å²) in [5.41, 5.74) is 2.61. The van der Waals surface area contributed by atoms with Crippen LogP contribution in [0.2, 0.25) is 4.82 Å². The van der Waals surface area contributed by atoms with Gasteiger partial charge in [-0.3, -0.25) is 0 Å². The van der Waals surface area contributed by atoms with Crippen LogP contribution in [0.4, 0.5) is 0 Å². The van der Waals surface area contributed by atoms with Gasteiger partial charge in [0.1, 0.15) is 0 Å². The Hall–Kier alpha value is -0.861. The molecule has 2 aromatic rings. The second-order valence-corrected chi connectivity index (χ2v) is 9.27. The monoisotopic (exact) mass is 422 g/mol. The van der Waals surface area contributed by atoms with E-state index in [0.717, 1.165) is 23.9 Å². The molecule has 1 nitrogen and oxygen atoms in total. The molecule has 1 fully saturated rings. The Labute approximate surface area is 147 Å². The Balaban J connectivity index is 1.76. The Bertz CT molecular complexity index is 624. The van der Waals surface area contributed by atoms with Gasteiger partial charge in [0.05, 0.1) is 0 Å². The van der Waals surface area contributed by atoms with Gasteiger partial charge in [-0.25, -0.2) is 0 Å². The van der Waals surface area contributed by atoms with Gasteiger partial charge in [-0.2, -0.15) is 0 Å². The van der Waals surface area contributed by atoms with E-state index in [1.54, 1.807) is 0 Å². The molecule has 0 unspecified atom stereocenters. The molecule has 0 N–H and O–H groups in total. The SMILES string of the molecule is C=C1CO[C@@H]([C@@H](Cc2ccc(Br)cc2)[Se]c2ccccc2)C1. The molecular weight excluding hydrogens is 403 g/mol. The van der Waals surface area contributed by atoms with Crippen LogP contribution in [-0.4, -0.2) is 27.7 Å². The van der Waals surface area contributed by atoms with Crippen LogP contribution in [0.15, 0.2) is 71.2 Å². The summed E-state index contributed by atoms with van der Waals surface area (Å²) < 4.78 is 8.58. The van der Waals surface area contributed by atoms with Crippen molar-refractivity contribution < 1.29 is 4.74 Å². The number of benzene rings is 2. The van der Waals surface area contributed by atoms with Gasteiger partial charge in [0.2, 0.25) is 0 Å². The average Bonchev–Trinajstić information content (AvgIpc) is 2.96. The van der Waals surface area contributed by atoms with Crippen molar-refractivity contribution in [1.82, 2.24) is 0 Å². The first kappa shape index (κ1) is 16.0. The van der Waals surface area contributed by atoms with Crippen LogP contribution in [0.25, 0.3) is 0 Å². The fraction of sp³-hybridized carbons (Fsp3) is 0.263. The first-order valence-corrected chi connectivity index (χ1v) is 10.1. The van der Waals surface area contributed by atoms with Gasteiger partial charge < -0.3 is 0 Å². The molecular formula is C19H19BrOSe. The summed E-state index contributed by atoms with van der Waals surface area (Å²) >= 11 is 3.91. The van der Waals surface area contributed by atoms with Crippen LogP contribution in [0, 0.1) is 0 Å². The van der Waals surface area contributed by atoms with Crippen molar-refractivity contribution in [2.24, 2.45) is 0 Å². The first-order chi connectivity index (χ1) is 10.7. The first-order valence-electron chi connectivity index (χ1n) is 7.45. The fourth-order valence-corrected chi connectivity index (χ4v) is 5.56. The zero-order valence-electron chi connectivity index (χ0n) is 12.4. The minimum absolute atomic E-state index is 0.316. The van der Waals surface area contributed by atoms with Crippen LogP contribution >= 0.6 is 15.9 Å². The number of ether oxygens (including phenoxy) is 1. The standard InChI is InChI=1S/C19H19BrOSe/c1-14-11-18(21-13-14)19(22-17-5-3-2-4-6-17)12-15-7-9-16(20)10-8-15/h2-10,18-19H,1,11-13H2/t18-,19-/m1/s1. The molecule has 1 heterocycles. The zero-order chi connectivity index (χ0) is 15.4. The van der Waals surface area contributed by atoms with Crippen LogP contribution < -0.4 is 4.46 Å². The van der Waals surface area contributed by atoms with E-state index in [-0.39, 0.29) is 0 Å². The molecule has 2 aromatic carbocycles. The number of hydrogen-bond donors (Lipinski definition) is 0. The molecule has 1 aliphatic rings. The van der Waals surface area contributed by atoms with Gasteiger partial charge in [-0.15, -0.1) is 0 Å². The van der Waals surface area contributed by atoms with Gasteiger partial charge in [0, 0.05) is 0 Å². The van der Waals surface area contributed by atoms with Crippen LogP contribution in [0.1, 0.15) is 12.0 Å². The van der Waals surface area contributed by atoms with E-state index in [0.29, 0.717) is 25.9 Å². The topological polar surface area (TPSA) is 9.23 Å². The zero-order valence-corrected chi connectivity index (χ0v) is 15.7. The van der Waals surface area contributed by atoms with E-state index in [9.17, 15) is 0 Å². The molecule has 0 saturated carbocycles. The van der Waals surface area contributed by atoms with Crippen molar-refractivity contribution in [2.75, 3.05) is 6.61 Å².